The van der Waals surface area contributed by atoms with Gasteiger partial charge in [-0.3, -0.25) is 9.88 Å². The number of hydrogen-bond acceptors (Lipinski definition) is 6. The number of pyridine rings is 1. The van der Waals surface area contributed by atoms with Crippen molar-refractivity contribution < 1.29 is 4.74 Å². The number of hydrogen-bond donors (Lipinski definition) is 0. The van der Waals surface area contributed by atoms with Crippen LogP contribution >= 0.6 is 0 Å². The number of nitrogens with zero attached hydrogens (tertiary/aromatic N) is 5. The van der Waals surface area contributed by atoms with E-state index in [4.69, 9.17) is 4.74 Å². The Labute approximate surface area is 159 Å². The van der Waals surface area contributed by atoms with Crippen LogP contribution in [-0.2, 0) is 6.54 Å². The van der Waals surface area contributed by atoms with Gasteiger partial charge in [-0.05, 0) is 36.4 Å². The van der Waals surface area contributed by atoms with Crippen molar-refractivity contribution in [3.8, 4) is 17.1 Å². The van der Waals surface area contributed by atoms with Crippen LogP contribution < -0.4 is 9.64 Å². The number of piperazine rings is 1. The van der Waals surface area contributed by atoms with E-state index < -0.39 is 0 Å². The van der Waals surface area contributed by atoms with Gasteiger partial charge in [-0.2, -0.15) is 0 Å². The summed E-state index contributed by atoms with van der Waals surface area (Å²) >= 11 is 0. The molecule has 4 rings (SSSR count). The summed E-state index contributed by atoms with van der Waals surface area (Å²) in [6.07, 6.45) is 7.61. The summed E-state index contributed by atoms with van der Waals surface area (Å²) in [4.78, 5) is 18.1. The minimum Gasteiger partial charge on any atom is -0.497 e. The average molecular weight is 361 g/mol. The molecule has 0 N–H and O–H groups in total. The van der Waals surface area contributed by atoms with E-state index in [0.29, 0.717) is 0 Å². The number of aromatic nitrogens is 3. The van der Waals surface area contributed by atoms with E-state index in [9.17, 15) is 0 Å². The number of ether oxygens (including phenoxy) is 1. The molecule has 1 aliphatic rings. The van der Waals surface area contributed by atoms with Crippen molar-refractivity contribution in [3.63, 3.8) is 0 Å². The monoisotopic (exact) mass is 361 g/mol. The first kappa shape index (κ1) is 17.4. The first-order chi connectivity index (χ1) is 13.3. The Hall–Kier alpha value is -2.99. The van der Waals surface area contributed by atoms with E-state index in [1.54, 1.807) is 7.11 Å². The van der Waals surface area contributed by atoms with Crippen LogP contribution in [0.3, 0.4) is 0 Å². The molecule has 0 spiro atoms. The second kappa shape index (κ2) is 8.14. The van der Waals surface area contributed by atoms with Gasteiger partial charge in [-0.25, -0.2) is 9.97 Å². The van der Waals surface area contributed by atoms with Crippen molar-refractivity contribution in [1.29, 1.82) is 0 Å². The van der Waals surface area contributed by atoms with Crippen LogP contribution in [0.25, 0.3) is 11.4 Å². The molecule has 6 nitrogen and oxygen atoms in total. The van der Waals surface area contributed by atoms with E-state index in [2.05, 4.69) is 30.8 Å². The summed E-state index contributed by atoms with van der Waals surface area (Å²) in [5.74, 6) is 1.57. The summed E-state index contributed by atoms with van der Waals surface area (Å²) in [5, 5.41) is 0. The lowest BCUT2D eigenvalue weighted by Gasteiger charge is -2.35. The lowest BCUT2D eigenvalue weighted by Crippen LogP contribution is -2.46. The zero-order valence-electron chi connectivity index (χ0n) is 15.5. The maximum Gasteiger partial charge on any atom is 0.159 e. The molecule has 0 atom stereocenters. The van der Waals surface area contributed by atoms with Gasteiger partial charge in [-0.1, -0.05) is 0 Å². The normalized spacial score (nSPS) is 14.9. The van der Waals surface area contributed by atoms with Crippen molar-refractivity contribution in [2.24, 2.45) is 0 Å². The fourth-order valence-corrected chi connectivity index (χ4v) is 3.29. The molecule has 0 saturated carbocycles. The highest BCUT2D eigenvalue weighted by atomic mass is 16.5. The molecule has 1 saturated heterocycles. The molecule has 3 heterocycles. The molecule has 138 valence electrons. The Morgan fingerprint density at radius 2 is 1.67 bits per heavy atom. The molecular formula is C21H23N5O. The molecule has 0 amide bonds. The number of benzene rings is 1. The van der Waals surface area contributed by atoms with Gasteiger partial charge < -0.3 is 9.64 Å². The van der Waals surface area contributed by atoms with Crippen LogP contribution in [0.4, 0.5) is 5.69 Å². The standard InChI is InChI=1S/C21H23N5O/c1-27-20-6-4-18(5-7-20)21-23-13-17(14-24-21)16-25-9-11-26(12-10-25)19-3-2-8-22-15-19/h2-8,13-15H,9-12,16H2,1H3. The summed E-state index contributed by atoms with van der Waals surface area (Å²) in [6, 6.07) is 11.9. The molecule has 0 bridgehead atoms. The molecular weight excluding hydrogens is 338 g/mol. The third-order valence-electron chi connectivity index (χ3n) is 4.84. The largest absolute Gasteiger partial charge is 0.497 e. The SMILES string of the molecule is COc1ccc(-c2ncc(CN3CCN(c4cccnc4)CC3)cn2)cc1. The minimum absolute atomic E-state index is 0.739. The maximum atomic E-state index is 5.19. The zero-order valence-corrected chi connectivity index (χ0v) is 15.5. The number of methoxy groups -OCH3 is 1. The highest BCUT2D eigenvalue weighted by Crippen LogP contribution is 2.19. The van der Waals surface area contributed by atoms with Gasteiger partial charge in [0.1, 0.15) is 5.75 Å². The smallest absolute Gasteiger partial charge is 0.159 e. The summed E-state index contributed by atoms with van der Waals surface area (Å²) < 4.78 is 5.19. The summed E-state index contributed by atoms with van der Waals surface area (Å²) in [7, 11) is 1.66. The third kappa shape index (κ3) is 4.23. The highest BCUT2D eigenvalue weighted by molar-refractivity contribution is 5.55. The third-order valence-corrected chi connectivity index (χ3v) is 4.84. The number of anilines is 1. The molecule has 2 aromatic heterocycles. The Kier molecular flexibility index (Phi) is 5.25. The lowest BCUT2D eigenvalue weighted by molar-refractivity contribution is 0.249. The van der Waals surface area contributed by atoms with Crippen LogP contribution in [0.5, 0.6) is 5.75 Å². The molecule has 1 aromatic carbocycles. The summed E-state index contributed by atoms with van der Waals surface area (Å²) in [5.41, 5.74) is 3.33. The van der Waals surface area contributed by atoms with Gasteiger partial charge in [0.2, 0.25) is 0 Å². The van der Waals surface area contributed by atoms with E-state index in [1.807, 2.05) is 55.1 Å². The molecule has 1 aliphatic heterocycles. The lowest BCUT2D eigenvalue weighted by atomic mass is 10.2. The van der Waals surface area contributed by atoms with Gasteiger partial charge in [0.05, 0.1) is 19.0 Å². The van der Waals surface area contributed by atoms with Crippen LogP contribution in [0.15, 0.2) is 61.2 Å². The van der Waals surface area contributed by atoms with Gasteiger partial charge >= 0.3 is 0 Å². The highest BCUT2D eigenvalue weighted by Gasteiger charge is 2.17. The van der Waals surface area contributed by atoms with Crippen molar-refractivity contribution in [1.82, 2.24) is 19.9 Å². The second-order valence-electron chi connectivity index (χ2n) is 6.62. The molecule has 1 fully saturated rings. The molecule has 27 heavy (non-hydrogen) atoms. The van der Waals surface area contributed by atoms with E-state index >= 15 is 0 Å². The Morgan fingerprint density at radius 1 is 0.926 bits per heavy atom. The molecule has 3 aromatic rings. The molecule has 0 aliphatic carbocycles. The fourth-order valence-electron chi connectivity index (χ4n) is 3.29. The molecule has 0 unspecified atom stereocenters. The van der Waals surface area contributed by atoms with Gasteiger partial charge in [0.15, 0.2) is 5.82 Å². The van der Waals surface area contributed by atoms with Crippen molar-refractivity contribution in [2.75, 3.05) is 38.2 Å². The van der Waals surface area contributed by atoms with Crippen molar-refractivity contribution in [3.05, 3.63) is 66.7 Å². The predicted octanol–water partition coefficient (Wildman–Crippen LogP) is 2.87. The Balaban J connectivity index is 1.34. The van der Waals surface area contributed by atoms with E-state index in [1.165, 1.54) is 5.69 Å². The summed E-state index contributed by atoms with van der Waals surface area (Å²) in [6.45, 7) is 4.95. The van der Waals surface area contributed by atoms with Crippen molar-refractivity contribution in [2.45, 2.75) is 6.54 Å². The van der Waals surface area contributed by atoms with Gasteiger partial charge in [0, 0.05) is 62.4 Å². The van der Waals surface area contributed by atoms with Crippen LogP contribution in [0.1, 0.15) is 5.56 Å². The number of rotatable bonds is 5. The predicted molar refractivity (Wildman–Crippen MR) is 106 cm³/mol. The van der Waals surface area contributed by atoms with E-state index in [-0.39, 0.29) is 0 Å². The first-order valence-corrected chi connectivity index (χ1v) is 9.14. The second-order valence-corrected chi connectivity index (χ2v) is 6.62. The Morgan fingerprint density at radius 3 is 2.30 bits per heavy atom. The van der Waals surface area contributed by atoms with Crippen LogP contribution in [0, 0.1) is 0 Å². The molecule has 6 heteroatoms. The van der Waals surface area contributed by atoms with Gasteiger partial charge in [-0.15, -0.1) is 0 Å². The minimum atomic E-state index is 0.739. The van der Waals surface area contributed by atoms with Crippen LogP contribution in [0.2, 0.25) is 0 Å². The Bertz CT molecular complexity index is 844. The van der Waals surface area contributed by atoms with Crippen LogP contribution in [-0.4, -0.2) is 53.1 Å². The quantitative estimate of drug-likeness (QED) is 0.697. The first-order valence-electron chi connectivity index (χ1n) is 9.14. The molecule has 0 radical (unpaired) electrons. The topological polar surface area (TPSA) is 54.4 Å². The van der Waals surface area contributed by atoms with Gasteiger partial charge in [0.25, 0.3) is 0 Å². The van der Waals surface area contributed by atoms with E-state index in [0.717, 1.165) is 55.4 Å². The van der Waals surface area contributed by atoms with Crippen molar-refractivity contribution >= 4 is 5.69 Å². The zero-order chi connectivity index (χ0) is 18.5. The fraction of sp³-hybridized carbons (Fsp3) is 0.286. The maximum absolute atomic E-state index is 5.19. The average Bonchev–Trinajstić information content (AvgIpc) is 2.76.